The average Bonchev–Trinajstić information content (AvgIpc) is 3.27. The summed E-state index contributed by atoms with van der Waals surface area (Å²) in [6.07, 6.45) is 0.911. The van der Waals surface area contributed by atoms with Crippen molar-refractivity contribution in [2.45, 2.75) is 25.0 Å². The van der Waals surface area contributed by atoms with Crippen LogP contribution in [0.2, 0.25) is 0 Å². The van der Waals surface area contributed by atoms with Crippen molar-refractivity contribution in [1.29, 1.82) is 0 Å². The maximum absolute atomic E-state index is 12.3. The molecule has 1 amide bonds. The summed E-state index contributed by atoms with van der Waals surface area (Å²) in [6, 6.07) is 10.9. The van der Waals surface area contributed by atoms with Crippen LogP contribution < -0.4 is 10.1 Å². The number of halogens is 1. The Labute approximate surface area is 169 Å². The lowest BCUT2D eigenvalue weighted by Gasteiger charge is -2.10. The molecular weight excluding hydrogens is 432 g/mol. The van der Waals surface area contributed by atoms with Crippen LogP contribution in [0.15, 0.2) is 50.6 Å². The van der Waals surface area contributed by atoms with Gasteiger partial charge in [0.1, 0.15) is 5.75 Å². The third-order valence-electron chi connectivity index (χ3n) is 3.67. The van der Waals surface area contributed by atoms with Crippen LogP contribution in [0.3, 0.4) is 0 Å². The minimum absolute atomic E-state index is 0.141. The zero-order valence-corrected chi connectivity index (χ0v) is 17.3. The van der Waals surface area contributed by atoms with Gasteiger partial charge in [-0.2, -0.15) is 0 Å². The molecule has 27 heavy (non-hydrogen) atoms. The monoisotopic (exact) mass is 450 g/mol. The van der Waals surface area contributed by atoms with E-state index in [1.54, 1.807) is 19.2 Å². The summed E-state index contributed by atoms with van der Waals surface area (Å²) in [4.78, 5) is 12.3. The van der Waals surface area contributed by atoms with Crippen molar-refractivity contribution in [1.82, 2.24) is 14.8 Å². The molecule has 0 saturated carbocycles. The van der Waals surface area contributed by atoms with E-state index in [-0.39, 0.29) is 11.7 Å². The number of methoxy groups -OCH3 is 1. The molecular formula is C18H19BrN4O3S. The molecule has 0 aliphatic heterocycles. The van der Waals surface area contributed by atoms with Gasteiger partial charge in [-0.25, -0.2) is 0 Å². The molecule has 0 saturated heterocycles. The summed E-state index contributed by atoms with van der Waals surface area (Å²) < 4.78 is 13.4. The summed E-state index contributed by atoms with van der Waals surface area (Å²) in [5.41, 5.74) is 0.641. The number of anilines is 1. The van der Waals surface area contributed by atoms with E-state index in [9.17, 15) is 4.79 Å². The number of para-hydroxylation sites is 2. The first-order valence-electron chi connectivity index (χ1n) is 8.37. The summed E-state index contributed by atoms with van der Waals surface area (Å²) >= 11 is 4.63. The van der Waals surface area contributed by atoms with Crippen molar-refractivity contribution in [2.75, 3.05) is 18.2 Å². The lowest BCUT2D eigenvalue weighted by Crippen LogP contribution is -2.15. The second-order valence-electron chi connectivity index (χ2n) is 5.60. The molecule has 3 rings (SSSR count). The number of nitrogens with zero attached hydrogens (tertiary/aromatic N) is 3. The third kappa shape index (κ3) is 4.72. The smallest absolute Gasteiger partial charge is 0.234 e. The molecule has 0 fully saturated rings. The fraction of sp³-hybridized carbons (Fsp3) is 0.278. The number of carbonyl (C=O) groups excluding carboxylic acids is 1. The van der Waals surface area contributed by atoms with E-state index in [0.717, 1.165) is 13.0 Å². The first-order valence-corrected chi connectivity index (χ1v) is 10.1. The van der Waals surface area contributed by atoms with Gasteiger partial charge in [0.2, 0.25) is 11.7 Å². The fourth-order valence-electron chi connectivity index (χ4n) is 2.50. The van der Waals surface area contributed by atoms with Crippen molar-refractivity contribution in [3.8, 4) is 17.3 Å². The standard InChI is InChI=1S/C18H19BrN4O3S/c1-3-10-23-17(14-8-9-15(19)26-14)21-22-18(23)27-11-16(24)20-12-6-4-5-7-13(12)25-2/h4-9H,3,10-11H2,1-2H3,(H,20,24). The van der Waals surface area contributed by atoms with E-state index in [2.05, 4.69) is 38.4 Å². The summed E-state index contributed by atoms with van der Waals surface area (Å²) in [5.74, 6) is 1.97. The van der Waals surface area contributed by atoms with Gasteiger partial charge in [0.25, 0.3) is 0 Å². The van der Waals surface area contributed by atoms with E-state index in [1.165, 1.54) is 11.8 Å². The summed E-state index contributed by atoms with van der Waals surface area (Å²) in [6.45, 7) is 2.81. The molecule has 0 spiro atoms. The second-order valence-corrected chi connectivity index (χ2v) is 7.32. The highest BCUT2D eigenvalue weighted by Crippen LogP contribution is 2.28. The number of amides is 1. The fourth-order valence-corrected chi connectivity index (χ4v) is 3.57. The molecule has 0 atom stereocenters. The molecule has 0 bridgehead atoms. The van der Waals surface area contributed by atoms with Gasteiger partial charge >= 0.3 is 0 Å². The normalized spacial score (nSPS) is 10.8. The topological polar surface area (TPSA) is 82.2 Å². The molecule has 2 aromatic heterocycles. The predicted octanol–water partition coefficient (Wildman–Crippen LogP) is 4.45. The molecule has 1 aromatic carbocycles. The van der Waals surface area contributed by atoms with Crippen LogP contribution in [0.1, 0.15) is 13.3 Å². The van der Waals surface area contributed by atoms with Crippen LogP contribution in [-0.4, -0.2) is 33.5 Å². The van der Waals surface area contributed by atoms with Gasteiger partial charge in [0.15, 0.2) is 15.6 Å². The zero-order valence-electron chi connectivity index (χ0n) is 14.9. The number of hydrogen-bond donors (Lipinski definition) is 1. The first kappa shape index (κ1) is 19.5. The van der Waals surface area contributed by atoms with Gasteiger partial charge < -0.3 is 14.5 Å². The van der Waals surface area contributed by atoms with Gasteiger partial charge in [-0.1, -0.05) is 30.8 Å². The highest BCUT2D eigenvalue weighted by atomic mass is 79.9. The lowest BCUT2D eigenvalue weighted by molar-refractivity contribution is -0.113. The summed E-state index contributed by atoms with van der Waals surface area (Å²) in [5, 5.41) is 12.0. The number of aromatic nitrogens is 3. The van der Waals surface area contributed by atoms with Crippen LogP contribution >= 0.6 is 27.7 Å². The molecule has 0 aliphatic carbocycles. The number of nitrogens with one attached hydrogen (secondary N) is 1. The van der Waals surface area contributed by atoms with Gasteiger partial charge in [-0.15, -0.1) is 10.2 Å². The van der Waals surface area contributed by atoms with E-state index in [0.29, 0.717) is 32.8 Å². The Morgan fingerprint density at radius 1 is 1.30 bits per heavy atom. The van der Waals surface area contributed by atoms with Crippen molar-refractivity contribution in [3.63, 3.8) is 0 Å². The minimum Gasteiger partial charge on any atom is -0.495 e. The maximum Gasteiger partial charge on any atom is 0.234 e. The first-order chi connectivity index (χ1) is 13.1. The maximum atomic E-state index is 12.3. The molecule has 142 valence electrons. The van der Waals surface area contributed by atoms with Gasteiger partial charge in [0.05, 0.1) is 18.6 Å². The molecule has 0 radical (unpaired) electrons. The van der Waals surface area contributed by atoms with Crippen LogP contribution in [0, 0.1) is 0 Å². The van der Waals surface area contributed by atoms with E-state index in [4.69, 9.17) is 9.15 Å². The van der Waals surface area contributed by atoms with E-state index >= 15 is 0 Å². The average molecular weight is 451 g/mol. The number of furan rings is 1. The number of rotatable bonds is 8. The van der Waals surface area contributed by atoms with Crippen LogP contribution in [-0.2, 0) is 11.3 Å². The Hall–Kier alpha value is -2.26. The highest BCUT2D eigenvalue weighted by Gasteiger charge is 2.18. The Morgan fingerprint density at radius 3 is 2.81 bits per heavy atom. The minimum atomic E-state index is -0.141. The number of carbonyl (C=O) groups is 1. The lowest BCUT2D eigenvalue weighted by atomic mass is 10.3. The Kier molecular flexibility index (Phi) is 6.57. The van der Waals surface area contributed by atoms with Crippen molar-refractivity contribution in [3.05, 3.63) is 41.1 Å². The third-order valence-corrected chi connectivity index (χ3v) is 5.06. The zero-order chi connectivity index (χ0) is 19.2. The van der Waals surface area contributed by atoms with Crippen molar-refractivity contribution >= 4 is 39.3 Å². The second kappa shape index (κ2) is 9.09. The van der Waals surface area contributed by atoms with E-state index < -0.39 is 0 Å². The van der Waals surface area contributed by atoms with Crippen molar-refractivity contribution < 1.29 is 13.9 Å². The quantitative estimate of drug-likeness (QED) is 0.510. The SMILES string of the molecule is CCCn1c(SCC(=O)Nc2ccccc2OC)nnc1-c1ccc(Br)o1. The Balaban J connectivity index is 1.70. The molecule has 0 unspecified atom stereocenters. The van der Waals surface area contributed by atoms with Gasteiger partial charge in [-0.05, 0) is 46.6 Å². The number of hydrogen-bond acceptors (Lipinski definition) is 6. The van der Waals surface area contributed by atoms with Crippen LogP contribution in [0.5, 0.6) is 5.75 Å². The molecule has 9 heteroatoms. The number of ether oxygens (including phenoxy) is 1. The molecule has 1 N–H and O–H groups in total. The predicted molar refractivity (Wildman–Crippen MR) is 108 cm³/mol. The summed E-state index contributed by atoms with van der Waals surface area (Å²) in [7, 11) is 1.57. The molecule has 7 nitrogen and oxygen atoms in total. The largest absolute Gasteiger partial charge is 0.495 e. The molecule has 2 heterocycles. The number of thioether (sulfide) groups is 1. The van der Waals surface area contributed by atoms with Gasteiger partial charge in [-0.3, -0.25) is 9.36 Å². The van der Waals surface area contributed by atoms with Gasteiger partial charge in [0, 0.05) is 6.54 Å². The molecule has 3 aromatic rings. The van der Waals surface area contributed by atoms with Crippen LogP contribution in [0.4, 0.5) is 5.69 Å². The van der Waals surface area contributed by atoms with Crippen molar-refractivity contribution in [2.24, 2.45) is 0 Å². The molecule has 0 aliphatic rings. The Morgan fingerprint density at radius 2 is 2.11 bits per heavy atom. The highest BCUT2D eigenvalue weighted by molar-refractivity contribution is 9.10. The Bertz CT molecular complexity index is 925. The van der Waals surface area contributed by atoms with E-state index in [1.807, 2.05) is 28.8 Å². The van der Waals surface area contributed by atoms with Crippen LogP contribution in [0.25, 0.3) is 11.6 Å². The number of benzene rings is 1.